The summed E-state index contributed by atoms with van der Waals surface area (Å²) in [5, 5.41) is 6.82. The number of ether oxygens (including phenoxy) is 1. The summed E-state index contributed by atoms with van der Waals surface area (Å²) in [5.74, 6) is 1.56. The van der Waals surface area contributed by atoms with Gasteiger partial charge in [-0.2, -0.15) is 0 Å². The zero-order valence-corrected chi connectivity index (χ0v) is 21.4. The summed E-state index contributed by atoms with van der Waals surface area (Å²) in [7, 11) is 1.79. The molecule has 1 saturated heterocycles. The van der Waals surface area contributed by atoms with Gasteiger partial charge in [-0.15, -0.1) is 24.0 Å². The maximum Gasteiger partial charge on any atom is 0.227 e. The van der Waals surface area contributed by atoms with Crippen LogP contribution >= 0.6 is 24.0 Å². The molecule has 0 aliphatic carbocycles. The van der Waals surface area contributed by atoms with Gasteiger partial charge in [0.15, 0.2) is 5.96 Å². The maximum atomic E-state index is 12.6. The number of halogens is 1. The first kappa shape index (κ1) is 25.9. The number of nitrogens with zero attached hydrogens (tertiary/aromatic N) is 3. The Kier molecular flexibility index (Phi) is 11.0. The van der Waals surface area contributed by atoms with Crippen LogP contribution in [-0.4, -0.2) is 75.8 Å². The lowest BCUT2D eigenvalue weighted by atomic mass is 10.0. The highest BCUT2D eigenvalue weighted by Crippen LogP contribution is 2.27. The predicted molar refractivity (Wildman–Crippen MR) is 138 cm³/mol. The number of morpholine rings is 1. The molecule has 1 atom stereocenters. The molecule has 2 aliphatic heterocycles. The largest absolute Gasteiger partial charge is 0.379 e. The summed E-state index contributed by atoms with van der Waals surface area (Å²) in [6, 6.07) is 8.65. The lowest BCUT2D eigenvalue weighted by Crippen LogP contribution is -2.52. The lowest BCUT2D eigenvalue weighted by Gasteiger charge is -2.37. The van der Waals surface area contributed by atoms with Gasteiger partial charge in [-0.1, -0.05) is 32.0 Å². The molecule has 0 saturated carbocycles. The Morgan fingerprint density at radius 2 is 1.90 bits per heavy atom. The van der Waals surface area contributed by atoms with Crippen LogP contribution in [0.3, 0.4) is 0 Å². The first-order valence-electron chi connectivity index (χ1n) is 11.2. The number of para-hydroxylation sites is 1. The maximum absolute atomic E-state index is 12.6. The molecule has 2 N–H and O–H groups in total. The van der Waals surface area contributed by atoms with Crippen molar-refractivity contribution in [1.82, 2.24) is 15.5 Å². The van der Waals surface area contributed by atoms with Gasteiger partial charge >= 0.3 is 0 Å². The minimum Gasteiger partial charge on any atom is -0.379 e. The highest BCUT2D eigenvalue weighted by Gasteiger charge is 2.25. The normalized spacial score (nSPS) is 17.8. The zero-order chi connectivity index (χ0) is 21.3. The molecule has 2 heterocycles. The molecular formula is C23H38IN5O2. The SMILES string of the molecule is CN=C(NCCCC(=O)N1CCc2ccccc21)NCC(C(C)C)N1CCOCC1.I. The predicted octanol–water partition coefficient (Wildman–Crippen LogP) is 2.50. The number of hydrogen-bond acceptors (Lipinski definition) is 4. The van der Waals surface area contributed by atoms with Crippen LogP contribution in [0.5, 0.6) is 0 Å². The first-order valence-corrected chi connectivity index (χ1v) is 11.2. The molecule has 1 aromatic rings. The third kappa shape index (κ3) is 7.32. The molecule has 1 amide bonds. The van der Waals surface area contributed by atoms with Crippen molar-refractivity contribution in [3.8, 4) is 0 Å². The van der Waals surface area contributed by atoms with E-state index in [0.717, 1.165) is 70.4 Å². The Bertz CT molecular complexity index is 722. The van der Waals surface area contributed by atoms with Crippen molar-refractivity contribution in [2.75, 3.05) is 57.9 Å². The van der Waals surface area contributed by atoms with Crippen LogP contribution in [0.2, 0.25) is 0 Å². The second kappa shape index (κ2) is 13.2. The molecular weight excluding hydrogens is 505 g/mol. The Labute approximate surface area is 204 Å². The molecule has 0 spiro atoms. The number of amides is 1. The molecule has 1 fully saturated rings. The molecule has 1 aromatic carbocycles. The standard InChI is InChI=1S/C23H37N5O2.HI/c1-18(2)21(27-13-15-30-16-14-27)17-26-23(24-3)25-11-6-9-22(29)28-12-10-19-7-4-5-8-20(19)28;/h4-5,7-8,18,21H,6,9-17H2,1-3H3,(H2,24,25,26);1H. The van der Waals surface area contributed by atoms with Crippen molar-refractivity contribution in [1.29, 1.82) is 0 Å². The van der Waals surface area contributed by atoms with E-state index in [-0.39, 0.29) is 29.9 Å². The van der Waals surface area contributed by atoms with Gasteiger partial charge < -0.3 is 20.3 Å². The molecule has 31 heavy (non-hydrogen) atoms. The molecule has 1 unspecified atom stereocenters. The summed E-state index contributed by atoms with van der Waals surface area (Å²) < 4.78 is 5.49. The summed E-state index contributed by atoms with van der Waals surface area (Å²) in [6.07, 6.45) is 2.28. The van der Waals surface area contributed by atoms with Crippen LogP contribution in [0.15, 0.2) is 29.3 Å². The number of hydrogen-bond donors (Lipinski definition) is 2. The number of nitrogens with one attached hydrogen (secondary N) is 2. The number of carbonyl (C=O) groups is 1. The van der Waals surface area contributed by atoms with E-state index in [4.69, 9.17) is 4.74 Å². The third-order valence-corrected chi connectivity index (χ3v) is 6.03. The van der Waals surface area contributed by atoms with Crippen LogP contribution in [0.4, 0.5) is 5.69 Å². The monoisotopic (exact) mass is 543 g/mol. The van der Waals surface area contributed by atoms with Crippen molar-refractivity contribution < 1.29 is 9.53 Å². The number of fused-ring (bicyclic) bond motifs is 1. The molecule has 0 bridgehead atoms. The number of aliphatic imine (C=N–C) groups is 1. The number of rotatable bonds is 8. The van der Waals surface area contributed by atoms with Crippen LogP contribution < -0.4 is 15.5 Å². The Balaban J connectivity index is 0.00000341. The lowest BCUT2D eigenvalue weighted by molar-refractivity contribution is -0.118. The highest BCUT2D eigenvalue weighted by atomic mass is 127. The average Bonchev–Trinajstić information content (AvgIpc) is 3.20. The van der Waals surface area contributed by atoms with Crippen LogP contribution in [0, 0.1) is 5.92 Å². The van der Waals surface area contributed by atoms with E-state index in [1.54, 1.807) is 7.05 Å². The van der Waals surface area contributed by atoms with E-state index in [1.807, 2.05) is 23.1 Å². The van der Waals surface area contributed by atoms with Crippen molar-refractivity contribution >= 4 is 41.5 Å². The number of carbonyl (C=O) groups excluding carboxylic acids is 1. The summed E-state index contributed by atoms with van der Waals surface area (Å²) in [5.41, 5.74) is 2.35. The van der Waals surface area contributed by atoms with Gasteiger partial charge in [0.2, 0.25) is 5.91 Å². The topological polar surface area (TPSA) is 69.2 Å². The fourth-order valence-corrected chi connectivity index (χ4v) is 4.30. The Hall–Kier alpha value is -1.39. The molecule has 174 valence electrons. The molecule has 0 radical (unpaired) electrons. The summed E-state index contributed by atoms with van der Waals surface area (Å²) in [4.78, 5) is 21.4. The smallest absolute Gasteiger partial charge is 0.227 e. The van der Waals surface area contributed by atoms with Gasteiger partial charge in [0.25, 0.3) is 0 Å². The zero-order valence-electron chi connectivity index (χ0n) is 19.1. The van der Waals surface area contributed by atoms with E-state index in [0.29, 0.717) is 18.4 Å². The highest BCUT2D eigenvalue weighted by molar-refractivity contribution is 14.0. The third-order valence-electron chi connectivity index (χ3n) is 6.03. The quantitative estimate of drug-likeness (QED) is 0.228. The Morgan fingerprint density at radius 3 is 2.61 bits per heavy atom. The van der Waals surface area contributed by atoms with Crippen LogP contribution in [-0.2, 0) is 16.0 Å². The van der Waals surface area contributed by atoms with Crippen LogP contribution in [0.1, 0.15) is 32.3 Å². The van der Waals surface area contributed by atoms with Crippen LogP contribution in [0.25, 0.3) is 0 Å². The van der Waals surface area contributed by atoms with Crippen molar-refractivity contribution in [3.63, 3.8) is 0 Å². The fourth-order valence-electron chi connectivity index (χ4n) is 4.30. The van der Waals surface area contributed by atoms with E-state index >= 15 is 0 Å². The van der Waals surface area contributed by atoms with E-state index in [1.165, 1.54) is 5.56 Å². The molecule has 8 heteroatoms. The van der Waals surface area contributed by atoms with Crippen molar-refractivity contribution in [2.24, 2.45) is 10.9 Å². The van der Waals surface area contributed by atoms with Gasteiger partial charge in [-0.05, 0) is 30.4 Å². The van der Waals surface area contributed by atoms with Gasteiger partial charge in [0, 0.05) is 57.9 Å². The van der Waals surface area contributed by atoms with Gasteiger partial charge in [0.1, 0.15) is 0 Å². The van der Waals surface area contributed by atoms with E-state index in [9.17, 15) is 4.79 Å². The molecule has 3 rings (SSSR count). The summed E-state index contributed by atoms with van der Waals surface area (Å²) in [6.45, 7) is 10.5. The molecule has 0 aromatic heterocycles. The minimum absolute atomic E-state index is 0. The number of anilines is 1. The number of guanidine groups is 1. The van der Waals surface area contributed by atoms with E-state index < -0.39 is 0 Å². The van der Waals surface area contributed by atoms with Crippen molar-refractivity contribution in [2.45, 2.75) is 39.2 Å². The van der Waals surface area contributed by atoms with Gasteiger partial charge in [-0.25, -0.2) is 0 Å². The van der Waals surface area contributed by atoms with Gasteiger partial charge in [0.05, 0.1) is 13.2 Å². The molecule has 2 aliphatic rings. The summed E-state index contributed by atoms with van der Waals surface area (Å²) >= 11 is 0. The first-order chi connectivity index (χ1) is 14.6. The van der Waals surface area contributed by atoms with Crippen molar-refractivity contribution in [3.05, 3.63) is 29.8 Å². The second-order valence-corrected chi connectivity index (χ2v) is 8.37. The average molecular weight is 543 g/mol. The Morgan fingerprint density at radius 1 is 1.16 bits per heavy atom. The van der Waals surface area contributed by atoms with Gasteiger partial charge in [-0.3, -0.25) is 14.7 Å². The van der Waals surface area contributed by atoms with E-state index in [2.05, 4.69) is 40.4 Å². The second-order valence-electron chi connectivity index (χ2n) is 8.37. The fraction of sp³-hybridized carbons (Fsp3) is 0.652. The number of benzene rings is 1. The minimum atomic E-state index is 0. The molecule has 7 nitrogen and oxygen atoms in total.